The van der Waals surface area contributed by atoms with Gasteiger partial charge in [0.15, 0.2) is 17.9 Å². The number of H-pyrrole nitrogens is 3. The van der Waals surface area contributed by atoms with Gasteiger partial charge in [0.2, 0.25) is 47.3 Å². The number of aromatic amines is 3. The Bertz CT molecular complexity index is 3600. The average molecular weight is 1330 g/mol. The molecule has 8 amide bonds. The molecule has 0 aliphatic carbocycles. The van der Waals surface area contributed by atoms with E-state index in [1.807, 2.05) is 72.8 Å². The van der Waals surface area contributed by atoms with E-state index in [1.54, 1.807) is 18.6 Å². The van der Waals surface area contributed by atoms with E-state index in [4.69, 9.17) is 45.9 Å². The fourth-order valence-electron chi connectivity index (χ4n) is 11.3. The van der Waals surface area contributed by atoms with Crippen molar-refractivity contribution in [3.63, 3.8) is 0 Å². The Balaban J connectivity index is 1.27. The molecular weight excluding hydrogens is 1230 g/mol. The molecule has 0 aliphatic heterocycles. The van der Waals surface area contributed by atoms with E-state index in [1.165, 1.54) is 19.3 Å². The number of carbonyl (C=O) groups is 8. The number of nitrogens with two attached hydrogens (primary N) is 8. The summed E-state index contributed by atoms with van der Waals surface area (Å²) in [7, 11) is 0. The highest BCUT2D eigenvalue weighted by atomic mass is 16.2. The van der Waals surface area contributed by atoms with Crippen molar-refractivity contribution in [1.82, 2.24) is 52.2 Å². The molecule has 26 N–H and O–H groups in total. The fourth-order valence-corrected chi connectivity index (χ4v) is 11.3. The molecule has 7 atom stereocenters. The van der Waals surface area contributed by atoms with E-state index < -0.39 is 83.6 Å². The van der Waals surface area contributed by atoms with Gasteiger partial charge in [0.05, 0.1) is 6.04 Å². The van der Waals surface area contributed by atoms with Crippen molar-refractivity contribution in [2.75, 3.05) is 26.2 Å². The van der Waals surface area contributed by atoms with Gasteiger partial charge in [-0.05, 0) is 99.1 Å². The Morgan fingerprint density at radius 1 is 0.396 bits per heavy atom. The van der Waals surface area contributed by atoms with Crippen LogP contribution in [0, 0.1) is 0 Å². The van der Waals surface area contributed by atoms with Gasteiger partial charge in [0.1, 0.15) is 36.3 Å². The lowest BCUT2D eigenvalue weighted by Gasteiger charge is -2.28. The van der Waals surface area contributed by atoms with Gasteiger partial charge in [-0.2, -0.15) is 0 Å². The fraction of sp³-hybridized carbons (Fsp3) is 0.478. The summed E-state index contributed by atoms with van der Waals surface area (Å²) in [5.41, 5.74) is 50.1. The summed E-state index contributed by atoms with van der Waals surface area (Å²) in [5.74, 6) is -6.02. The Hall–Kier alpha value is -10.2. The van der Waals surface area contributed by atoms with Crippen molar-refractivity contribution in [1.29, 1.82) is 0 Å². The third-order valence-corrected chi connectivity index (χ3v) is 16.6. The van der Waals surface area contributed by atoms with Gasteiger partial charge in [-0.3, -0.25) is 53.3 Å². The molecule has 3 aromatic heterocycles. The van der Waals surface area contributed by atoms with Crippen LogP contribution in [0.5, 0.6) is 0 Å². The second kappa shape index (κ2) is 39.5. The van der Waals surface area contributed by atoms with Gasteiger partial charge in [-0.25, -0.2) is 0 Å². The number of hydrogen-bond donors (Lipinski definition) is 18. The lowest BCUT2D eigenvalue weighted by molar-refractivity contribution is -0.135. The molecule has 0 bridgehead atoms. The molecule has 3 aromatic carbocycles. The zero-order chi connectivity index (χ0) is 69.4. The molecular formula is C67H99N21O8. The number of amides is 8. The van der Waals surface area contributed by atoms with Crippen molar-refractivity contribution in [2.45, 2.75) is 178 Å². The second-order valence-corrected chi connectivity index (χ2v) is 24.1. The Kier molecular flexibility index (Phi) is 30.8. The molecule has 29 nitrogen and oxygen atoms in total. The maximum Gasteiger partial charge on any atom is 0.243 e. The minimum Gasteiger partial charge on any atom is -0.370 e. The zero-order valence-corrected chi connectivity index (χ0v) is 54.9. The summed E-state index contributed by atoms with van der Waals surface area (Å²) in [6, 6.07) is 12.9. The maximum absolute atomic E-state index is 15.3. The van der Waals surface area contributed by atoms with Crippen molar-refractivity contribution >= 4 is 97.8 Å². The first kappa shape index (κ1) is 74.8. The number of para-hydroxylation sites is 3. The normalized spacial score (nSPS) is 13.4. The summed E-state index contributed by atoms with van der Waals surface area (Å²) >= 11 is 0. The van der Waals surface area contributed by atoms with E-state index in [9.17, 15) is 24.0 Å². The van der Waals surface area contributed by atoms with Crippen LogP contribution in [0.4, 0.5) is 0 Å². The van der Waals surface area contributed by atoms with E-state index >= 15 is 14.4 Å². The Morgan fingerprint density at radius 3 is 1.15 bits per heavy atom. The van der Waals surface area contributed by atoms with Crippen LogP contribution in [-0.4, -0.2) is 149 Å². The summed E-state index contributed by atoms with van der Waals surface area (Å²) in [5, 5.41) is 22.2. The number of nitrogens with one attached hydrogen (secondary N) is 10. The van der Waals surface area contributed by atoms with Crippen LogP contribution in [-0.2, 0) is 57.6 Å². The number of aromatic nitrogens is 3. The quantitative estimate of drug-likeness (QED) is 0.0146. The number of unbranched alkanes of at least 4 members (excludes halogenated alkanes) is 7. The number of nitrogens with zero attached hydrogens (tertiary/aromatic N) is 3. The van der Waals surface area contributed by atoms with Gasteiger partial charge < -0.3 is 98.0 Å². The van der Waals surface area contributed by atoms with E-state index in [2.05, 4.69) is 74.1 Å². The molecule has 3 heterocycles. The van der Waals surface area contributed by atoms with Crippen LogP contribution < -0.4 is 83.1 Å². The summed E-state index contributed by atoms with van der Waals surface area (Å²) < 4.78 is 0. The summed E-state index contributed by atoms with van der Waals surface area (Å²) in [4.78, 5) is 136. The van der Waals surface area contributed by atoms with E-state index in [-0.39, 0.29) is 101 Å². The van der Waals surface area contributed by atoms with Gasteiger partial charge >= 0.3 is 0 Å². The minimum atomic E-state index is -1.46. The molecule has 6 aromatic rings. The predicted molar refractivity (Wildman–Crippen MR) is 374 cm³/mol. The van der Waals surface area contributed by atoms with Gasteiger partial charge in [-0.15, -0.1) is 0 Å². The maximum atomic E-state index is 15.3. The number of hydrogen-bond acceptors (Lipinski definition) is 12. The van der Waals surface area contributed by atoms with Crippen molar-refractivity contribution in [2.24, 2.45) is 60.8 Å². The molecule has 0 saturated heterocycles. The van der Waals surface area contributed by atoms with Crippen LogP contribution in [0.15, 0.2) is 106 Å². The molecule has 29 heteroatoms. The molecule has 0 unspecified atom stereocenters. The van der Waals surface area contributed by atoms with Gasteiger partial charge in [-0.1, -0.05) is 100 Å². The molecule has 0 fully saturated rings. The van der Waals surface area contributed by atoms with E-state index in [0.29, 0.717) is 48.9 Å². The lowest BCUT2D eigenvalue weighted by atomic mass is 10.0. The highest BCUT2D eigenvalue weighted by Gasteiger charge is 2.35. The number of primary amides is 1. The summed E-state index contributed by atoms with van der Waals surface area (Å²) in [6.45, 7) is 2.83. The van der Waals surface area contributed by atoms with Crippen LogP contribution >= 0.6 is 0 Å². The molecule has 0 spiro atoms. The molecule has 96 heavy (non-hydrogen) atoms. The first-order valence-corrected chi connectivity index (χ1v) is 33.2. The number of carbonyl (C=O) groups excluding carboxylic acids is 8. The lowest BCUT2D eigenvalue weighted by Crippen LogP contribution is -2.60. The highest BCUT2D eigenvalue weighted by Crippen LogP contribution is 2.23. The van der Waals surface area contributed by atoms with Crippen LogP contribution in [0.2, 0.25) is 0 Å². The minimum absolute atomic E-state index is 0.0360. The van der Waals surface area contributed by atoms with Crippen molar-refractivity contribution in [3.05, 3.63) is 108 Å². The Labute approximate surface area is 558 Å². The molecule has 6 rings (SSSR count). The standard InChI is InChI=1S/C67H99N21O8/c1-2-3-4-5-6-7-8-30-57(89)76-31-16-15-27-51(58(69)90)83-62(94)55(36-42-39-81-49-25-13-10-21-45(42)49)87-60(92)53(29-19-34-79-67(74)75)85-64(96)56(37-43-40-82-50-26-14-11-22-46(43)50)88-61(93)52(28-18-33-78-66(72)73)84-63(95)54(35-41-38-80-48-24-12-9-20-44(41)48)86-59(91)47(68)23-17-32-77-65(70)71/h9-14,20-22,24-26,38-40,47,51-56,80-82H,2-8,15-19,23,27-37,68H2,1H3,(H2,69,90)(H,76,89)(H,83,94)(H,84,95)(H,85,96)(H,86,91)(H,87,92)(H,88,93)(H4,70,71,77)(H4,72,73,78)(H4,74,75,79)/t47-,51+,52-,53+,54-,55-,56-/m1/s1. The number of rotatable bonds is 44. The first-order valence-electron chi connectivity index (χ1n) is 33.2. The SMILES string of the molecule is CCCCCCCCCC(=O)NCCCC[C@H](NC(=O)[C@@H](Cc1c[nH]c2ccccc12)NC(=O)[C@H](CCCN=C(N)N)NC(=O)[C@@H](Cc1c[nH]c2ccccc12)NC(=O)[C@@H](CCCN=C(N)N)NC(=O)[C@@H](Cc1c[nH]c2ccccc12)NC(=O)[C@H](N)CCCN=C(N)N)C(N)=O. The number of fused-ring (bicyclic) bond motifs is 3. The van der Waals surface area contributed by atoms with Crippen LogP contribution in [0.3, 0.4) is 0 Å². The molecule has 0 radical (unpaired) electrons. The third kappa shape index (κ3) is 24.9. The largest absolute Gasteiger partial charge is 0.370 e. The third-order valence-electron chi connectivity index (χ3n) is 16.6. The van der Waals surface area contributed by atoms with Crippen molar-refractivity contribution in [3.8, 4) is 0 Å². The zero-order valence-electron chi connectivity index (χ0n) is 54.9. The molecule has 520 valence electrons. The topological polar surface area (TPSA) is 513 Å². The Morgan fingerprint density at radius 2 is 0.740 bits per heavy atom. The average Bonchev–Trinajstić information content (AvgIpc) is 1.65. The number of guanidine groups is 3. The van der Waals surface area contributed by atoms with E-state index in [0.717, 1.165) is 58.4 Å². The number of benzene rings is 3. The first-order chi connectivity index (χ1) is 46.2. The number of aliphatic imine (C=N–C) groups is 3. The van der Waals surface area contributed by atoms with Crippen LogP contribution in [0.1, 0.15) is 133 Å². The molecule has 0 saturated carbocycles. The highest BCUT2D eigenvalue weighted by molar-refractivity contribution is 5.99. The molecule has 0 aliphatic rings. The van der Waals surface area contributed by atoms with Crippen molar-refractivity contribution < 1.29 is 38.4 Å². The van der Waals surface area contributed by atoms with Crippen LogP contribution in [0.25, 0.3) is 32.7 Å². The predicted octanol–water partition coefficient (Wildman–Crippen LogP) is 1.47. The second-order valence-electron chi connectivity index (χ2n) is 24.1. The van der Waals surface area contributed by atoms with Gasteiger partial charge in [0, 0.05) is 103 Å². The monoisotopic (exact) mass is 1330 g/mol. The smallest absolute Gasteiger partial charge is 0.243 e. The summed E-state index contributed by atoms with van der Waals surface area (Å²) in [6.07, 6.45) is 14.6. The van der Waals surface area contributed by atoms with Gasteiger partial charge in [0.25, 0.3) is 0 Å².